The van der Waals surface area contributed by atoms with Crippen molar-refractivity contribution in [3.05, 3.63) is 35.4 Å². The van der Waals surface area contributed by atoms with Crippen LogP contribution >= 0.6 is 0 Å². The van der Waals surface area contributed by atoms with E-state index in [0.717, 1.165) is 44.6 Å². The Balaban J connectivity index is 2.24. The van der Waals surface area contributed by atoms with Gasteiger partial charge in [0, 0.05) is 11.5 Å². The summed E-state index contributed by atoms with van der Waals surface area (Å²) in [6.45, 7) is 0. The van der Waals surface area contributed by atoms with Gasteiger partial charge in [0.05, 0.1) is 7.11 Å². The summed E-state index contributed by atoms with van der Waals surface area (Å²) in [4.78, 5) is 23.6. The summed E-state index contributed by atoms with van der Waals surface area (Å²) >= 11 is 0. The van der Waals surface area contributed by atoms with Crippen LogP contribution in [0.2, 0.25) is 0 Å². The van der Waals surface area contributed by atoms with Gasteiger partial charge < -0.3 is 10.1 Å². The topological polar surface area (TPSA) is 55.4 Å². The molecule has 1 saturated carbocycles. The van der Waals surface area contributed by atoms with E-state index < -0.39 is 23.6 Å². The van der Waals surface area contributed by atoms with Gasteiger partial charge in [-0.05, 0) is 31.0 Å². The largest absolute Gasteiger partial charge is 0.467 e. The third-order valence-corrected chi connectivity index (χ3v) is 3.47. The van der Waals surface area contributed by atoms with Crippen molar-refractivity contribution in [1.29, 1.82) is 0 Å². The molecular weight excluding hydrogens is 268 g/mol. The van der Waals surface area contributed by atoms with Gasteiger partial charge in [-0.1, -0.05) is 6.42 Å². The van der Waals surface area contributed by atoms with Crippen LogP contribution in [-0.4, -0.2) is 19.0 Å². The number of carbonyl (C=O) groups excluding carboxylic acids is 2. The zero-order chi connectivity index (χ0) is 14.7. The smallest absolute Gasteiger partial charge is 0.333 e. The molecule has 108 valence electrons. The van der Waals surface area contributed by atoms with Gasteiger partial charge in [-0.25, -0.2) is 13.6 Å². The number of methoxy groups -OCH3 is 1. The summed E-state index contributed by atoms with van der Waals surface area (Å²) in [5.74, 6) is -2.79. The molecule has 1 aliphatic rings. The fourth-order valence-corrected chi connectivity index (χ4v) is 2.05. The van der Waals surface area contributed by atoms with Gasteiger partial charge in [0.15, 0.2) is 6.04 Å². The Morgan fingerprint density at radius 2 is 2.05 bits per heavy atom. The molecule has 0 aliphatic heterocycles. The second-order valence-corrected chi connectivity index (χ2v) is 4.76. The van der Waals surface area contributed by atoms with E-state index in [1.54, 1.807) is 0 Å². The molecule has 6 heteroatoms. The Morgan fingerprint density at radius 1 is 1.35 bits per heavy atom. The second-order valence-electron chi connectivity index (χ2n) is 4.76. The quantitative estimate of drug-likeness (QED) is 0.861. The number of halogens is 2. The number of carbonyl (C=O) groups is 2. The molecule has 4 nitrogen and oxygen atoms in total. The van der Waals surface area contributed by atoms with Crippen LogP contribution in [0.15, 0.2) is 18.2 Å². The maximum absolute atomic E-state index is 13.7. The molecule has 1 atom stereocenters. The Labute approximate surface area is 115 Å². The second kappa shape index (κ2) is 5.98. The number of nitrogens with one attached hydrogen (secondary N) is 1. The Morgan fingerprint density at radius 3 is 2.60 bits per heavy atom. The predicted octanol–water partition coefficient (Wildman–Crippen LogP) is 2.10. The number of rotatable bonds is 4. The first kappa shape index (κ1) is 14.4. The lowest BCUT2D eigenvalue weighted by Gasteiger charge is -2.26. The third kappa shape index (κ3) is 2.95. The lowest BCUT2D eigenvalue weighted by Crippen LogP contribution is -2.40. The lowest BCUT2D eigenvalue weighted by atomic mass is 9.84. The molecule has 20 heavy (non-hydrogen) atoms. The minimum atomic E-state index is -1.33. The summed E-state index contributed by atoms with van der Waals surface area (Å²) in [5.41, 5.74) is -0.232. The molecule has 1 amide bonds. The number of benzene rings is 1. The number of ether oxygens (including phenoxy) is 1. The Hall–Kier alpha value is -1.98. The van der Waals surface area contributed by atoms with E-state index in [-0.39, 0.29) is 17.4 Å². The molecular formula is C14H15F2NO3. The van der Waals surface area contributed by atoms with Crippen molar-refractivity contribution in [2.45, 2.75) is 25.3 Å². The molecule has 1 aliphatic carbocycles. The van der Waals surface area contributed by atoms with Gasteiger partial charge in [-0.2, -0.15) is 0 Å². The highest BCUT2D eigenvalue weighted by atomic mass is 19.1. The van der Waals surface area contributed by atoms with E-state index in [2.05, 4.69) is 10.1 Å². The molecule has 0 aromatic heterocycles. The van der Waals surface area contributed by atoms with Gasteiger partial charge >= 0.3 is 5.97 Å². The molecule has 0 heterocycles. The molecule has 0 bridgehead atoms. The van der Waals surface area contributed by atoms with Crippen LogP contribution in [0.4, 0.5) is 8.78 Å². The van der Waals surface area contributed by atoms with Crippen molar-refractivity contribution in [3.8, 4) is 0 Å². The number of amides is 1. The van der Waals surface area contributed by atoms with E-state index in [0.29, 0.717) is 0 Å². The first-order valence-corrected chi connectivity index (χ1v) is 6.36. The molecule has 1 N–H and O–H groups in total. The lowest BCUT2D eigenvalue weighted by molar-refractivity contribution is -0.146. The normalized spacial score (nSPS) is 16.1. The Kier molecular flexibility index (Phi) is 4.32. The van der Waals surface area contributed by atoms with E-state index >= 15 is 0 Å². The SMILES string of the molecule is COC(=O)[C@@H](NC(=O)C1CCC1)c1cc(F)ccc1F. The maximum Gasteiger partial charge on any atom is 0.333 e. The molecule has 0 saturated heterocycles. The number of hydrogen-bond acceptors (Lipinski definition) is 3. The van der Waals surface area contributed by atoms with E-state index in [4.69, 9.17) is 0 Å². The molecule has 2 rings (SSSR count). The van der Waals surface area contributed by atoms with Crippen molar-refractivity contribution in [3.63, 3.8) is 0 Å². The summed E-state index contributed by atoms with van der Waals surface area (Å²) in [7, 11) is 1.13. The van der Waals surface area contributed by atoms with Crippen molar-refractivity contribution >= 4 is 11.9 Å². The number of esters is 1. The summed E-state index contributed by atoms with van der Waals surface area (Å²) in [6.07, 6.45) is 2.44. The molecule has 1 aromatic rings. The van der Waals surface area contributed by atoms with Gasteiger partial charge in [-0.15, -0.1) is 0 Å². The van der Waals surface area contributed by atoms with Crippen molar-refractivity contribution in [2.24, 2.45) is 5.92 Å². The fraction of sp³-hybridized carbons (Fsp3) is 0.429. The van der Waals surface area contributed by atoms with Crippen LogP contribution in [0.1, 0.15) is 30.9 Å². The van der Waals surface area contributed by atoms with Crippen LogP contribution in [0.25, 0.3) is 0 Å². The van der Waals surface area contributed by atoms with Gasteiger partial charge in [-0.3, -0.25) is 4.79 Å². The fourth-order valence-electron chi connectivity index (χ4n) is 2.05. The zero-order valence-corrected chi connectivity index (χ0v) is 11.0. The van der Waals surface area contributed by atoms with Crippen molar-refractivity contribution in [1.82, 2.24) is 5.32 Å². The molecule has 0 unspecified atom stereocenters. The third-order valence-electron chi connectivity index (χ3n) is 3.47. The molecule has 0 radical (unpaired) electrons. The average Bonchev–Trinajstić information content (AvgIpc) is 2.36. The van der Waals surface area contributed by atoms with Crippen molar-refractivity contribution in [2.75, 3.05) is 7.11 Å². The highest BCUT2D eigenvalue weighted by molar-refractivity contribution is 5.87. The van der Waals surface area contributed by atoms with Gasteiger partial charge in [0.2, 0.25) is 5.91 Å². The van der Waals surface area contributed by atoms with Crippen LogP contribution in [0.3, 0.4) is 0 Å². The Bertz CT molecular complexity index is 529. The maximum atomic E-state index is 13.7. The first-order valence-electron chi connectivity index (χ1n) is 6.36. The van der Waals surface area contributed by atoms with Gasteiger partial charge in [0.25, 0.3) is 0 Å². The van der Waals surface area contributed by atoms with Crippen LogP contribution in [0, 0.1) is 17.6 Å². The minimum Gasteiger partial charge on any atom is -0.467 e. The van der Waals surface area contributed by atoms with Crippen LogP contribution in [0.5, 0.6) is 0 Å². The molecule has 1 fully saturated rings. The van der Waals surface area contributed by atoms with E-state index in [9.17, 15) is 18.4 Å². The minimum absolute atomic E-state index is 0.168. The van der Waals surface area contributed by atoms with Crippen molar-refractivity contribution < 1.29 is 23.1 Å². The standard InChI is InChI=1S/C14H15F2NO3/c1-20-14(19)12(17-13(18)8-3-2-4-8)10-7-9(15)5-6-11(10)16/h5-8,12H,2-4H2,1H3,(H,17,18)/t12-/m0/s1. The summed E-state index contributed by atoms with van der Waals surface area (Å²) in [6, 6.07) is 1.42. The highest BCUT2D eigenvalue weighted by Crippen LogP contribution is 2.28. The van der Waals surface area contributed by atoms with Gasteiger partial charge in [0.1, 0.15) is 11.6 Å². The van der Waals surface area contributed by atoms with E-state index in [1.807, 2.05) is 0 Å². The van der Waals surface area contributed by atoms with E-state index in [1.165, 1.54) is 0 Å². The van der Waals surface area contributed by atoms with Crippen LogP contribution < -0.4 is 5.32 Å². The molecule has 0 spiro atoms. The monoisotopic (exact) mass is 283 g/mol. The predicted molar refractivity (Wildman–Crippen MR) is 66.6 cm³/mol. The first-order chi connectivity index (χ1) is 9.52. The average molecular weight is 283 g/mol. The van der Waals surface area contributed by atoms with Crippen LogP contribution in [-0.2, 0) is 14.3 Å². The molecule has 1 aromatic carbocycles. The summed E-state index contributed by atoms with van der Waals surface area (Å²) in [5, 5.41) is 2.43. The zero-order valence-electron chi connectivity index (χ0n) is 11.0. The summed E-state index contributed by atoms with van der Waals surface area (Å²) < 4.78 is 31.5. The highest BCUT2D eigenvalue weighted by Gasteiger charge is 2.32. The number of hydrogen-bond donors (Lipinski definition) is 1.